The first-order chi connectivity index (χ1) is 14.8. The van der Waals surface area contributed by atoms with Crippen molar-refractivity contribution in [1.82, 2.24) is 0 Å². The topological polar surface area (TPSA) is 66.5 Å². The molecule has 0 atom stereocenters. The second-order valence-electron chi connectivity index (χ2n) is 7.41. The minimum atomic E-state index is -3.90. The number of benzene rings is 3. The van der Waals surface area contributed by atoms with Gasteiger partial charge < -0.3 is 4.90 Å². The van der Waals surface area contributed by atoms with E-state index in [1.54, 1.807) is 42.2 Å². The van der Waals surface area contributed by atoms with Crippen LogP contribution in [0.4, 0.5) is 11.4 Å². The Balaban J connectivity index is 1.63. The largest absolute Gasteiger partial charge is 0.308 e. The fourth-order valence-electron chi connectivity index (χ4n) is 3.65. The van der Waals surface area contributed by atoms with Crippen molar-refractivity contribution in [2.24, 2.45) is 0 Å². The van der Waals surface area contributed by atoms with E-state index in [0.717, 1.165) is 24.1 Å². The van der Waals surface area contributed by atoms with Crippen LogP contribution in [0.3, 0.4) is 0 Å². The number of rotatable bonds is 4. The first-order valence-corrected chi connectivity index (χ1v) is 12.0. The summed E-state index contributed by atoms with van der Waals surface area (Å²) >= 11 is 12.2. The van der Waals surface area contributed by atoms with Crippen molar-refractivity contribution in [1.29, 1.82) is 0 Å². The number of fused-ring (bicyclic) bond motifs is 1. The second-order valence-corrected chi connectivity index (χ2v) is 9.87. The van der Waals surface area contributed by atoms with Gasteiger partial charge in [0, 0.05) is 28.5 Å². The lowest BCUT2D eigenvalue weighted by atomic mass is 10.00. The van der Waals surface area contributed by atoms with Gasteiger partial charge in [-0.15, -0.1) is 0 Å². The smallest absolute Gasteiger partial charge is 0.263 e. The molecule has 0 unspecified atom stereocenters. The van der Waals surface area contributed by atoms with Crippen LogP contribution < -0.4 is 9.62 Å². The zero-order valence-electron chi connectivity index (χ0n) is 16.7. The van der Waals surface area contributed by atoms with Crippen molar-refractivity contribution in [2.75, 3.05) is 16.2 Å². The first-order valence-electron chi connectivity index (χ1n) is 9.74. The molecule has 1 aliphatic rings. The lowest BCUT2D eigenvalue weighted by Crippen LogP contribution is -2.35. The molecule has 160 valence electrons. The molecule has 4 rings (SSSR count). The number of nitrogens with zero attached hydrogens (tertiary/aromatic N) is 1. The molecule has 0 saturated heterocycles. The zero-order chi connectivity index (χ0) is 22.2. The molecule has 0 aromatic heterocycles. The minimum absolute atomic E-state index is 0.0327. The Morgan fingerprint density at radius 3 is 2.48 bits per heavy atom. The number of amides is 1. The first kappa shape index (κ1) is 21.7. The van der Waals surface area contributed by atoms with Crippen LogP contribution in [0.25, 0.3) is 0 Å². The van der Waals surface area contributed by atoms with Gasteiger partial charge in [-0.3, -0.25) is 9.52 Å². The van der Waals surface area contributed by atoms with Crippen molar-refractivity contribution in [2.45, 2.75) is 24.7 Å². The minimum Gasteiger partial charge on any atom is -0.308 e. The van der Waals surface area contributed by atoms with Crippen LogP contribution in [0.15, 0.2) is 65.6 Å². The van der Waals surface area contributed by atoms with Crippen molar-refractivity contribution >= 4 is 50.5 Å². The summed E-state index contributed by atoms with van der Waals surface area (Å²) in [5.74, 6) is -0.0710. The van der Waals surface area contributed by atoms with Crippen molar-refractivity contribution < 1.29 is 13.2 Å². The summed E-state index contributed by atoms with van der Waals surface area (Å²) in [5.41, 5.74) is 3.36. The Morgan fingerprint density at radius 1 is 1.00 bits per heavy atom. The molecular formula is C23H20Cl2N2O3S. The highest BCUT2D eigenvalue weighted by Crippen LogP contribution is 2.33. The quantitative estimate of drug-likeness (QED) is 0.527. The molecule has 1 aliphatic heterocycles. The van der Waals surface area contributed by atoms with Crippen LogP contribution in [0.1, 0.15) is 27.9 Å². The maximum atomic E-state index is 12.9. The van der Waals surface area contributed by atoms with Crippen LogP contribution in [-0.4, -0.2) is 20.9 Å². The number of anilines is 2. The molecule has 1 heterocycles. The predicted molar refractivity (Wildman–Crippen MR) is 125 cm³/mol. The van der Waals surface area contributed by atoms with Gasteiger partial charge in [0.25, 0.3) is 15.9 Å². The van der Waals surface area contributed by atoms with E-state index in [4.69, 9.17) is 23.2 Å². The Hall–Kier alpha value is -2.54. The third-order valence-corrected chi connectivity index (χ3v) is 7.47. The van der Waals surface area contributed by atoms with Gasteiger partial charge in [-0.1, -0.05) is 41.4 Å². The fourth-order valence-corrected chi connectivity index (χ4v) is 5.54. The van der Waals surface area contributed by atoms with Gasteiger partial charge in [0.1, 0.15) is 4.90 Å². The molecule has 0 bridgehead atoms. The van der Waals surface area contributed by atoms with Crippen molar-refractivity contribution in [3.8, 4) is 0 Å². The van der Waals surface area contributed by atoms with Gasteiger partial charge in [-0.05, 0) is 73.4 Å². The van der Waals surface area contributed by atoms with Gasteiger partial charge in [0.2, 0.25) is 0 Å². The van der Waals surface area contributed by atoms with Crippen LogP contribution in [-0.2, 0) is 16.4 Å². The van der Waals surface area contributed by atoms with Crippen LogP contribution in [0, 0.1) is 6.92 Å². The molecule has 5 nitrogen and oxygen atoms in total. The highest BCUT2D eigenvalue weighted by Gasteiger charge is 2.25. The number of hydrogen-bond donors (Lipinski definition) is 1. The van der Waals surface area contributed by atoms with Crippen LogP contribution in [0.5, 0.6) is 0 Å². The molecule has 3 aromatic rings. The van der Waals surface area contributed by atoms with E-state index in [2.05, 4.69) is 4.72 Å². The number of carbonyl (C=O) groups is 1. The maximum Gasteiger partial charge on any atom is 0.263 e. The maximum absolute atomic E-state index is 12.9. The Bertz CT molecular complexity index is 1260. The predicted octanol–water partition coefficient (Wildman–Crippen LogP) is 5.70. The summed E-state index contributed by atoms with van der Waals surface area (Å²) in [4.78, 5) is 14.7. The van der Waals surface area contributed by atoms with E-state index < -0.39 is 10.0 Å². The summed E-state index contributed by atoms with van der Waals surface area (Å²) < 4.78 is 28.4. The number of halogens is 2. The lowest BCUT2D eigenvalue weighted by molar-refractivity contribution is 0.0985. The molecule has 0 spiro atoms. The molecule has 0 fully saturated rings. The summed E-state index contributed by atoms with van der Waals surface area (Å²) in [5, 5.41) is 0.460. The van der Waals surface area contributed by atoms with Gasteiger partial charge in [0.05, 0.1) is 5.02 Å². The summed E-state index contributed by atoms with van der Waals surface area (Å²) in [6.45, 7) is 2.33. The van der Waals surface area contributed by atoms with E-state index in [1.807, 2.05) is 18.2 Å². The van der Waals surface area contributed by atoms with E-state index >= 15 is 0 Å². The number of carbonyl (C=O) groups excluding carboxylic acids is 1. The molecule has 0 saturated carbocycles. The molecular weight excluding hydrogens is 455 g/mol. The van der Waals surface area contributed by atoms with Gasteiger partial charge in [0.15, 0.2) is 0 Å². The zero-order valence-corrected chi connectivity index (χ0v) is 19.1. The van der Waals surface area contributed by atoms with Crippen LogP contribution in [0.2, 0.25) is 10.0 Å². The Morgan fingerprint density at radius 2 is 1.74 bits per heavy atom. The van der Waals surface area contributed by atoms with Gasteiger partial charge in [-0.2, -0.15) is 0 Å². The third-order valence-electron chi connectivity index (χ3n) is 5.22. The molecule has 1 amide bonds. The average Bonchev–Trinajstić information content (AvgIpc) is 2.75. The molecule has 0 aliphatic carbocycles. The van der Waals surface area contributed by atoms with Crippen molar-refractivity contribution in [3.05, 3.63) is 87.4 Å². The SMILES string of the molecule is Cc1cc(S(=O)(=O)Nc2ccc3c(c2)CCCN3C(=O)c2ccccc2)c(Cl)cc1Cl. The van der Waals surface area contributed by atoms with Gasteiger partial charge in [-0.25, -0.2) is 8.42 Å². The van der Waals surface area contributed by atoms with Gasteiger partial charge >= 0.3 is 0 Å². The number of nitrogens with one attached hydrogen (secondary N) is 1. The molecule has 31 heavy (non-hydrogen) atoms. The molecule has 8 heteroatoms. The third kappa shape index (κ3) is 4.42. The Labute approximate surface area is 191 Å². The molecule has 0 radical (unpaired) electrons. The highest BCUT2D eigenvalue weighted by molar-refractivity contribution is 7.92. The molecule has 3 aromatic carbocycles. The van der Waals surface area contributed by atoms with Crippen molar-refractivity contribution in [3.63, 3.8) is 0 Å². The fraction of sp³-hybridized carbons (Fsp3) is 0.174. The number of sulfonamides is 1. The standard InChI is InChI=1S/C23H20Cl2N2O3S/c1-15-12-22(20(25)14-19(15)24)31(29,30)26-18-9-10-21-17(13-18)8-5-11-27(21)23(28)16-6-3-2-4-7-16/h2-4,6-7,9-10,12-14,26H,5,8,11H2,1H3. The normalized spacial score (nSPS) is 13.6. The van der Waals surface area contributed by atoms with E-state index in [0.29, 0.717) is 28.4 Å². The van der Waals surface area contributed by atoms with E-state index in [1.165, 1.54) is 12.1 Å². The number of aryl methyl sites for hydroxylation is 2. The highest BCUT2D eigenvalue weighted by atomic mass is 35.5. The monoisotopic (exact) mass is 474 g/mol. The summed E-state index contributed by atoms with van der Waals surface area (Å²) in [7, 11) is -3.90. The molecule has 1 N–H and O–H groups in total. The second kappa shape index (κ2) is 8.54. The lowest BCUT2D eigenvalue weighted by Gasteiger charge is -2.30. The average molecular weight is 475 g/mol. The summed E-state index contributed by atoms with van der Waals surface area (Å²) in [6.07, 6.45) is 1.55. The Kier molecular flexibility index (Phi) is 5.97. The van der Waals surface area contributed by atoms with E-state index in [9.17, 15) is 13.2 Å². The van der Waals surface area contributed by atoms with Crippen LogP contribution >= 0.6 is 23.2 Å². The summed E-state index contributed by atoms with van der Waals surface area (Å²) in [6, 6.07) is 17.2. The number of hydrogen-bond acceptors (Lipinski definition) is 3. The van der Waals surface area contributed by atoms with E-state index in [-0.39, 0.29) is 15.8 Å².